The smallest absolute Gasteiger partial charge is 0.167 e. The zero-order valence-corrected chi connectivity index (χ0v) is 32.1. The van der Waals surface area contributed by atoms with Gasteiger partial charge in [-0.25, -0.2) is 19.9 Å². The molecule has 0 aliphatic heterocycles. The number of hydrogen-bond donors (Lipinski definition) is 0. The lowest BCUT2D eigenvalue weighted by Crippen LogP contribution is -2.00. The molecule has 0 radical (unpaired) electrons. The van der Waals surface area contributed by atoms with Gasteiger partial charge in [0.05, 0.1) is 11.1 Å². The minimum absolute atomic E-state index is 0.540. The van der Waals surface area contributed by atoms with Crippen LogP contribution < -0.4 is 0 Å². The van der Waals surface area contributed by atoms with Crippen molar-refractivity contribution in [3.63, 3.8) is 0 Å². The third-order valence-electron chi connectivity index (χ3n) is 11.1. The fourth-order valence-corrected chi connectivity index (χ4v) is 8.32. The number of nitrogens with zero attached hydrogens (tertiary/aromatic N) is 4. The molecule has 0 aliphatic carbocycles. The summed E-state index contributed by atoms with van der Waals surface area (Å²) in [5.74, 6) is 1.69. The number of furan rings is 2. The second kappa shape index (κ2) is 13.9. The molecule has 6 heteroatoms. The standard InChI is InChI=1S/C53H34N4O2/c1-3-4-20-36-32(2)37(48-50-47(41-22-8-11-26-44(41)54-48)42-23-10-13-28-46(42)59-50)29-30-38(36)34-18-14-19-35(31-34)52-55-51(33-16-6-5-7-17-33)56-53(57-52)43-25-15-24-40-39-21-9-12-27-45(39)58-49(40)43/h3-31H,1H2,2H3/b20-4-. The number of benzene rings is 7. The Kier molecular flexibility index (Phi) is 8.08. The van der Waals surface area contributed by atoms with Gasteiger partial charge < -0.3 is 8.83 Å². The topological polar surface area (TPSA) is 77.8 Å². The Balaban J connectivity index is 1.08. The monoisotopic (exact) mass is 758 g/mol. The van der Waals surface area contributed by atoms with Gasteiger partial charge in [-0.2, -0.15) is 0 Å². The van der Waals surface area contributed by atoms with Crippen LogP contribution in [0.3, 0.4) is 0 Å². The Hall–Kier alpha value is -7.96. The number of allylic oxidation sites excluding steroid dienone is 2. The number of rotatable bonds is 7. The van der Waals surface area contributed by atoms with Gasteiger partial charge in [-0.15, -0.1) is 0 Å². The summed E-state index contributed by atoms with van der Waals surface area (Å²) < 4.78 is 13.0. The first-order valence-corrected chi connectivity index (χ1v) is 19.6. The predicted molar refractivity (Wildman–Crippen MR) is 241 cm³/mol. The lowest BCUT2D eigenvalue weighted by Gasteiger charge is -2.16. The van der Waals surface area contributed by atoms with Crippen molar-refractivity contribution >= 4 is 60.9 Å². The number of para-hydroxylation sites is 4. The molecule has 7 aromatic carbocycles. The van der Waals surface area contributed by atoms with E-state index in [1.54, 1.807) is 6.08 Å². The molecule has 11 rings (SSSR count). The fourth-order valence-electron chi connectivity index (χ4n) is 8.32. The molecule has 4 heterocycles. The molecule has 0 saturated carbocycles. The fraction of sp³-hybridized carbons (Fsp3) is 0.0189. The van der Waals surface area contributed by atoms with Crippen molar-refractivity contribution in [2.24, 2.45) is 0 Å². The third kappa shape index (κ3) is 5.72. The number of aromatic nitrogens is 4. The van der Waals surface area contributed by atoms with Gasteiger partial charge in [-0.3, -0.25) is 0 Å². The summed E-state index contributed by atoms with van der Waals surface area (Å²) in [5, 5.41) is 5.29. The molecule has 6 nitrogen and oxygen atoms in total. The number of hydrogen-bond acceptors (Lipinski definition) is 6. The second-order valence-corrected chi connectivity index (χ2v) is 14.6. The summed E-state index contributed by atoms with van der Waals surface area (Å²) in [7, 11) is 0. The molecule has 0 N–H and O–H groups in total. The molecule has 0 atom stereocenters. The van der Waals surface area contributed by atoms with Crippen molar-refractivity contribution in [1.82, 2.24) is 19.9 Å². The van der Waals surface area contributed by atoms with Crippen LogP contribution in [0.5, 0.6) is 0 Å². The van der Waals surface area contributed by atoms with Gasteiger partial charge in [0.1, 0.15) is 22.4 Å². The maximum absolute atomic E-state index is 6.60. The summed E-state index contributed by atoms with van der Waals surface area (Å²) in [6.45, 7) is 6.15. The van der Waals surface area contributed by atoms with E-state index in [9.17, 15) is 0 Å². The highest BCUT2D eigenvalue weighted by Crippen LogP contribution is 2.43. The molecule has 0 bridgehead atoms. The molecule has 0 saturated heterocycles. The first kappa shape index (κ1) is 34.3. The molecule has 0 aliphatic rings. The Labute approximate surface area is 339 Å². The largest absolute Gasteiger partial charge is 0.455 e. The van der Waals surface area contributed by atoms with Gasteiger partial charge >= 0.3 is 0 Å². The van der Waals surface area contributed by atoms with Crippen molar-refractivity contribution in [2.45, 2.75) is 6.92 Å². The minimum atomic E-state index is 0.540. The SMILES string of the molecule is C=C/C=C\c1c(-c2cccc(-c3nc(-c4ccccc4)nc(-c4cccc5c4oc4ccccc45)n3)c2)ccc(-c2nc3ccccc3c3c2oc2ccccc23)c1C. The van der Waals surface area contributed by atoms with Gasteiger partial charge in [0.2, 0.25) is 0 Å². The molecule has 0 fully saturated rings. The van der Waals surface area contributed by atoms with E-state index in [2.05, 4.69) is 98.4 Å². The second-order valence-electron chi connectivity index (χ2n) is 14.6. The first-order valence-electron chi connectivity index (χ1n) is 19.6. The lowest BCUT2D eigenvalue weighted by atomic mass is 9.89. The van der Waals surface area contributed by atoms with Crippen LogP contribution in [-0.2, 0) is 0 Å². The van der Waals surface area contributed by atoms with Crippen LogP contribution in [0.4, 0.5) is 0 Å². The summed E-state index contributed by atoms with van der Waals surface area (Å²) in [6, 6.07) is 53.4. The summed E-state index contributed by atoms with van der Waals surface area (Å²) in [4.78, 5) is 20.5. The zero-order chi connectivity index (χ0) is 39.5. The van der Waals surface area contributed by atoms with E-state index in [-0.39, 0.29) is 0 Å². The first-order chi connectivity index (χ1) is 29.1. The number of fused-ring (bicyclic) bond motifs is 8. The van der Waals surface area contributed by atoms with Gasteiger partial charge in [0, 0.05) is 43.6 Å². The van der Waals surface area contributed by atoms with Gasteiger partial charge in [0.25, 0.3) is 0 Å². The summed E-state index contributed by atoms with van der Waals surface area (Å²) in [6.07, 6.45) is 5.90. The maximum atomic E-state index is 6.60. The highest BCUT2D eigenvalue weighted by Gasteiger charge is 2.22. The van der Waals surface area contributed by atoms with Crippen LogP contribution in [0.1, 0.15) is 11.1 Å². The number of pyridine rings is 1. The normalized spacial score (nSPS) is 11.8. The van der Waals surface area contributed by atoms with Crippen LogP contribution in [0, 0.1) is 6.92 Å². The molecule has 0 amide bonds. The van der Waals surface area contributed by atoms with E-state index in [4.69, 9.17) is 28.8 Å². The van der Waals surface area contributed by atoms with Crippen molar-refractivity contribution < 1.29 is 8.83 Å². The van der Waals surface area contributed by atoms with Crippen LogP contribution in [-0.4, -0.2) is 19.9 Å². The predicted octanol–water partition coefficient (Wildman–Crippen LogP) is 14.1. The average molecular weight is 759 g/mol. The van der Waals surface area contributed by atoms with Crippen LogP contribution in [0.25, 0.3) is 117 Å². The average Bonchev–Trinajstić information content (AvgIpc) is 3.88. The van der Waals surface area contributed by atoms with Crippen molar-refractivity contribution in [1.29, 1.82) is 0 Å². The molecular weight excluding hydrogens is 725 g/mol. The van der Waals surface area contributed by atoms with Gasteiger partial charge in [-0.1, -0.05) is 152 Å². The Morgan fingerprint density at radius 1 is 0.475 bits per heavy atom. The van der Waals surface area contributed by atoms with Crippen LogP contribution >= 0.6 is 0 Å². The molecule has 278 valence electrons. The zero-order valence-electron chi connectivity index (χ0n) is 32.1. The quantitative estimate of drug-likeness (QED) is 0.151. The van der Waals surface area contributed by atoms with E-state index in [0.717, 1.165) is 105 Å². The Bertz CT molecular complexity index is 3490. The third-order valence-corrected chi connectivity index (χ3v) is 11.1. The van der Waals surface area contributed by atoms with Crippen LogP contribution in [0.2, 0.25) is 0 Å². The van der Waals surface area contributed by atoms with E-state index in [1.165, 1.54) is 0 Å². The van der Waals surface area contributed by atoms with E-state index in [1.807, 2.05) is 84.9 Å². The molecule has 0 spiro atoms. The van der Waals surface area contributed by atoms with Crippen LogP contribution in [0.15, 0.2) is 185 Å². The van der Waals surface area contributed by atoms with E-state index >= 15 is 0 Å². The maximum Gasteiger partial charge on any atom is 0.167 e. The summed E-state index contributed by atoms with van der Waals surface area (Å²) in [5.41, 5.74) is 12.7. The van der Waals surface area contributed by atoms with Crippen molar-refractivity contribution in [3.8, 4) is 56.5 Å². The Morgan fingerprint density at radius 2 is 1.08 bits per heavy atom. The molecule has 11 aromatic rings. The highest BCUT2D eigenvalue weighted by molar-refractivity contribution is 6.21. The molecule has 59 heavy (non-hydrogen) atoms. The lowest BCUT2D eigenvalue weighted by molar-refractivity contribution is 0.668. The highest BCUT2D eigenvalue weighted by atomic mass is 16.3. The van der Waals surface area contributed by atoms with Crippen molar-refractivity contribution in [3.05, 3.63) is 188 Å². The molecule has 4 aromatic heterocycles. The molecular formula is C53H34N4O2. The molecule has 0 unspecified atom stereocenters. The summed E-state index contributed by atoms with van der Waals surface area (Å²) >= 11 is 0. The van der Waals surface area contributed by atoms with E-state index in [0.29, 0.717) is 17.5 Å². The van der Waals surface area contributed by atoms with Gasteiger partial charge in [-0.05, 0) is 59.5 Å². The minimum Gasteiger partial charge on any atom is -0.455 e. The van der Waals surface area contributed by atoms with Gasteiger partial charge in [0.15, 0.2) is 23.1 Å². The van der Waals surface area contributed by atoms with E-state index < -0.39 is 0 Å². The van der Waals surface area contributed by atoms with Crippen molar-refractivity contribution in [2.75, 3.05) is 0 Å². The Morgan fingerprint density at radius 3 is 1.92 bits per heavy atom.